The summed E-state index contributed by atoms with van der Waals surface area (Å²) < 4.78 is 5.36. The Balaban J connectivity index is 1.67. The van der Waals surface area contributed by atoms with Crippen molar-refractivity contribution >= 4 is 11.8 Å². The summed E-state index contributed by atoms with van der Waals surface area (Å²) in [7, 11) is 1.83. The molecule has 3 nitrogen and oxygen atoms in total. The lowest BCUT2D eigenvalue weighted by Gasteiger charge is -2.32. The van der Waals surface area contributed by atoms with Gasteiger partial charge in [0.2, 0.25) is 0 Å². The van der Waals surface area contributed by atoms with Crippen LogP contribution < -0.4 is 5.32 Å². The summed E-state index contributed by atoms with van der Waals surface area (Å²) in [4.78, 5) is 2.57. The Morgan fingerprint density at radius 3 is 2.79 bits per heavy atom. The van der Waals surface area contributed by atoms with Crippen LogP contribution in [0.3, 0.4) is 0 Å². The van der Waals surface area contributed by atoms with Gasteiger partial charge in [-0.05, 0) is 12.8 Å². The first-order valence-corrected chi connectivity index (χ1v) is 6.60. The molecule has 1 unspecified atom stereocenters. The third-order valence-corrected chi connectivity index (χ3v) is 4.15. The van der Waals surface area contributed by atoms with E-state index < -0.39 is 0 Å². The number of thioether (sulfide) groups is 1. The number of rotatable bonds is 3. The number of hydrogen-bond acceptors (Lipinski definition) is 4. The van der Waals surface area contributed by atoms with E-state index >= 15 is 0 Å². The summed E-state index contributed by atoms with van der Waals surface area (Å²) in [5.74, 6) is 2.42. The van der Waals surface area contributed by atoms with Crippen LogP contribution in [0.15, 0.2) is 0 Å². The third-order valence-electron chi connectivity index (χ3n) is 3.14. The Labute approximate surface area is 90.6 Å². The molecule has 0 aliphatic carbocycles. The summed E-state index contributed by atoms with van der Waals surface area (Å²) in [6, 6.07) is 0.721. The lowest BCUT2D eigenvalue weighted by Crippen LogP contribution is -2.44. The second-order valence-electron chi connectivity index (χ2n) is 4.15. The van der Waals surface area contributed by atoms with E-state index in [4.69, 9.17) is 4.74 Å². The zero-order chi connectivity index (χ0) is 9.80. The molecule has 1 atom stereocenters. The first-order valence-electron chi connectivity index (χ1n) is 5.45. The zero-order valence-corrected chi connectivity index (χ0v) is 9.68. The van der Waals surface area contributed by atoms with Crippen molar-refractivity contribution in [2.75, 3.05) is 38.4 Å². The molecule has 0 bridgehead atoms. The number of hydrogen-bond donors (Lipinski definition) is 1. The summed E-state index contributed by atoms with van der Waals surface area (Å²) in [6.07, 6.45) is 2.92. The molecule has 0 aromatic heterocycles. The molecule has 0 amide bonds. The van der Waals surface area contributed by atoms with Gasteiger partial charge >= 0.3 is 0 Å². The molecule has 2 aliphatic heterocycles. The second kappa shape index (κ2) is 5.35. The number of nitrogens with zero attached hydrogens (tertiary/aromatic N) is 1. The van der Waals surface area contributed by atoms with Gasteiger partial charge < -0.3 is 15.0 Å². The van der Waals surface area contributed by atoms with Gasteiger partial charge in [-0.2, -0.15) is 0 Å². The van der Waals surface area contributed by atoms with Gasteiger partial charge in [-0.15, -0.1) is 11.8 Å². The van der Waals surface area contributed by atoms with E-state index in [1.54, 1.807) is 0 Å². The maximum absolute atomic E-state index is 5.36. The van der Waals surface area contributed by atoms with Gasteiger partial charge in [-0.25, -0.2) is 0 Å². The normalized spacial score (nSPS) is 31.1. The van der Waals surface area contributed by atoms with Crippen LogP contribution in [0, 0.1) is 0 Å². The number of nitrogens with one attached hydrogen (secondary N) is 1. The number of likely N-dealkylation sites (tertiary alicyclic amines) is 1. The molecule has 82 valence electrons. The van der Waals surface area contributed by atoms with Crippen LogP contribution in [-0.4, -0.2) is 55.4 Å². The van der Waals surface area contributed by atoms with Gasteiger partial charge in [0.1, 0.15) is 0 Å². The monoisotopic (exact) mass is 216 g/mol. The molecule has 4 heteroatoms. The first kappa shape index (κ1) is 10.7. The molecular weight excluding hydrogens is 196 g/mol. The molecule has 0 aromatic rings. The largest absolute Gasteiger partial charge is 0.381 e. The van der Waals surface area contributed by atoms with Gasteiger partial charge in [-0.3, -0.25) is 0 Å². The van der Waals surface area contributed by atoms with Crippen molar-refractivity contribution in [3.63, 3.8) is 0 Å². The van der Waals surface area contributed by atoms with E-state index in [2.05, 4.69) is 10.2 Å². The van der Waals surface area contributed by atoms with Crippen molar-refractivity contribution < 1.29 is 4.74 Å². The fourth-order valence-electron chi connectivity index (χ4n) is 2.19. The summed E-state index contributed by atoms with van der Waals surface area (Å²) in [6.45, 7) is 3.64. The van der Waals surface area contributed by atoms with Crippen molar-refractivity contribution in [2.24, 2.45) is 0 Å². The van der Waals surface area contributed by atoms with Gasteiger partial charge in [0.05, 0.1) is 6.10 Å². The number of ether oxygens (including phenoxy) is 1. The van der Waals surface area contributed by atoms with Gasteiger partial charge in [-0.1, -0.05) is 0 Å². The van der Waals surface area contributed by atoms with E-state index in [9.17, 15) is 0 Å². The van der Waals surface area contributed by atoms with Gasteiger partial charge in [0.15, 0.2) is 0 Å². The van der Waals surface area contributed by atoms with Crippen LogP contribution in [0.4, 0.5) is 0 Å². The molecule has 2 heterocycles. The van der Waals surface area contributed by atoms with Crippen molar-refractivity contribution in [2.45, 2.75) is 25.0 Å². The molecule has 14 heavy (non-hydrogen) atoms. The SMILES string of the molecule is COC1CCN(CC2CSCN2)CC1. The second-order valence-corrected chi connectivity index (χ2v) is 5.18. The van der Waals surface area contributed by atoms with Crippen LogP contribution in [0.1, 0.15) is 12.8 Å². The average Bonchev–Trinajstić information content (AvgIpc) is 2.72. The van der Waals surface area contributed by atoms with E-state index in [0.717, 1.165) is 11.9 Å². The topological polar surface area (TPSA) is 24.5 Å². The fourth-order valence-corrected chi connectivity index (χ4v) is 3.17. The maximum Gasteiger partial charge on any atom is 0.0595 e. The number of piperidine rings is 1. The van der Waals surface area contributed by atoms with E-state index in [1.807, 2.05) is 18.9 Å². The average molecular weight is 216 g/mol. The van der Waals surface area contributed by atoms with Gasteiger partial charge in [0, 0.05) is 44.4 Å². The maximum atomic E-state index is 5.36. The Bertz CT molecular complexity index is 166. The Morgan fingerprint density at radius 1 is 1.43 bits per heavy atom. The van der Waals surface area contributed by atoms with Crippen LogP contribution in [-0.2, 0) is 4.74 Å². The number of methoxy groups -OCH3 is 1. The Hall–Kier alpha value is 0.230. The Morgan fingerprint density at radius 2 is 2.21 bits per heavy atom. The smallest absolute Gasteiger partial charge is 0.0595 e. The highest BCUT2D eigenvalue weighted by Crippen LogP contribution is 2.16. The minimum absolute atomic E-state index is 0.511. The highest BCUT2D eigenvalue weighted by atomic mass is 32.2. The molecule has 0 saturated carbocycles. The molecule has 0 spiro atoms. The highest BCUT2D eigenvalue weighted by molar-refractivity contribution is 7.99. The predicted octanol–water partition coefficient (Wildman–Crippen LogP) is 0.760. The van der Waals surface area contributed by atoms with Crippen molar-refractivity contribution in [1.82, 2.24) is 10.2 Å². The lowest BCUT2D eigenvalue weighted by molar-refractivity contribution is 0.0394. The minimum Gasteiger partial charge on any atom is -0.381 e. The van der Waals surface area contributed by atoms with Crippen LogP contribution in [0.25, 0.3) is 0 Å². The molecule has 2 aliphatic rings. The molecule has 0 radical (unpaired) electrons. The standard InChI is InChI=1S/C10H20N2OS/c1-13-10-2-4-12(5-3-10)6-9-7-14-8-11-9/h9-11H,2-8H2,1H3. The summed E-state index contributed by atoms with van der Waals surface area (Å²) in [5, 5.41) is 3.52. The van der Waals surface area contributed by atoms with Crippen molar-refractivity contribution in [3.8, 4) is 0 Å². The summed E-state index contributed by atoms with van der Waals surface area (Å²) in [5.41, 5.74) is 0. The van der Waals surface area contributed by atoms with Crippen LogP contribution in [0.5, 0.6) is 0 Å². The van der Waals surface area contributed by atoms with Crippen molar-refractivity contribution in [1.29, 1.82) is 0 Å². The molecular formula is C10H20N2OS. The van der Waals surface area contributed by atoms with E-state index in [0.29, 0.717) is 6.10 Å². The van der Waals surface area contributed by atoms with E-state index in [1.165, 1.54) is 38.2 Å². The zero-order valence-electron chi connectivity index (χ0n) is 8.87. The predicted molar refractivity (Wildman–Crippen MR) is 60.7 cm³/mol. The lowest BCUT2D eigenvalue weighted by atomic mass is 10.1. The molecule has 2 rings (SSSR count). The van der Waals surface area contributed by atoms with Crippen LogP contribution >= 0.6 is 11.8 Å². The van der Waals surface area contributed by atoms with Crippen LogP contribution in [0.2, 0.25) is 0 Å². The fraction of sp³-hybridized carbons (Fsp3) is 1.00. The van der Waals surface area contributed by atoms with Crippen molar-refractivity contribution in [3.05, 3.63) is 0 Å². The minimum atomic E-state index is 0.511. The summed E-state index contributed by atoms with van der Waals surface area (Å²) >= 11 is 2.01. The van der Waals surface area contributed by atoms with Gasteiger partial charge in [0.25, 0.3) is 0 Å². The Kier molecular flexibility index (Phi) is 4.10. The van der Waals surface area contributed by atoms with E-state index in [-0.39, 0.29) is 0 Å². The molecule has 0 aromatic carbocycles. The molecule has 1 N–H and O–H groups in total. The quantitative estimate of drug-likeness (QED) is 0.753. The first-order chi connectivity index (χ1) is 6.88. The third kappa shape index (κ3) is 2.86. The molecule has 2 saturated heterocycles. The molecule has 2 fully saturated rings. The highest BCUT2D eigenvalue weighted by Gasteiger charge is 2.22.